The van der Waals surface area contributed by atoms with E-state index in [1.165, 1.54) is 55.2 Å². The average Bonchev–Trinajstić information content (AvgIpc) is 3.42. The number of benzene rings is 2. The quantitative estimate of drug-likeness (QED) is 0.422. The van der Waals surface area contributed by atoms with E-state index >= 15 is 0 Å². The summed E-state index contributed by atoms with van der Waals surface area (Å²) in [7, 11) is 0. The molecular formula is C21H26. The minimum atomic E-state index is 1.13. The van der Waals surface area contributed by atoms with Crippen LogP contribution < -0.4 is 0 Å². The Morgan fingerprint density at radius 2 is 1.38 bits per heavy atom. The molecule has 0 spiro atoms. The lowest BCUT2D eigenvalue weighted by Crippen LogP contribution is -1.85. The van der Waals surface area contributed by atoms with Crippen molar-refractivity contribution in [2.24, 2.45) is 0 Å². The maximum absolute atomic E-state index is 3.75. The molecule has 0 unspecified atom stereocenters. The highest BCUT2D eigenvalue weighted by atomic mass is 14.0. The van der Waals surface area contributed by atoms with Crippen LogP contribution in [0.4, 0.5) is 0 Å². The number of allylic oxidation sites excluding steroid dienone is 1. The van der Waals surface area contributed by atoms with E-state index in [0.29, 0.717) is 0 Å². The number of unbranched alkanes of at least 4 members (excludes halogenated alkanes) is 2. The zero-order valence-electron chi connectivity index (χ0n) is 12.9. The summed E-state index contributed by atoms with van der Waals surface area (Å²) < 4.78 is 0. The molecule has 0 bridgehead atoms. The molecular weight excluding hydrogens is 252 g/mol. The molecule has 1 aliphatic carbocycles. The Balaban J connectivity index is 0.000000477. The van der Waals surface area contributed by atoms with Crippen LogP contribution in [-0.2, 0) is 6.42 Å². The molecule has 0 radical (unpaired) electrons. The van der Waals surface area contributed by atoms with Gasteiger partial charge in [-0.05, 0) is 42.4 Å². The highest BCUT2D eigenvalue weighted by Crippen LogP contribution is 2.20. The van der Waals surface area contributed by atoms with Gasteiger partial charge in [-0.1, -0.05) is 79.9 Å². The molecule has 2 aromatic rings. The van der Waals surface area contributed by atoms with Crippen LogP contribution in [0.15, 0.2) is 67.3 Å². The summed E-state index contributed by atoms with van der Waals surface area (Å²) in [5, 5.41) is 0. The summed E-state index contributed by atoms with van der Waals surface area (Å²) >= 11 is 0. The fraction of sp³-hybridized carbons (Fsp3) is 0.333. The van der Waals surface area contributed by atoms with Gasteiger partial charge in [0, 0.05) is 0 Å². The van der Waals surface area contributed by atoms with Gasteiger partial charge in [-0.3, -0.25) is 0 Å². The van der Waals surface area contributed by atoms with Gasteiger partial charge in [0.1, 0.15) is 0 Å². The molecule has 0 aliphatic heterocycles. The third-order valence-electron chi connectivity index (χ3n) is 3.54. The van der Waals surface area contributed by atoms with Crippen LogP contribution in [0.5, 0.6) is 0 Å². The SMILES string of the molecule is C1CC1.C=CCCCCc1ccc(-c2ccccc2)cc1. The van der Waals surface area contributed by atoms with Gasteiger partial charge in [-0.2, -0.15) is 0 Å². The van der Waals surface area contributed by atoms with E-state index in [2.05, 4.69) is 61.2 Å². The summed E-state index contributed by atoms with van der Waals surface area (Å²) in [5.74, 6) is 0. The van der Waals surface area contributed by atoms with Crippen LogP contribution in [0, 0.1) is 0 Å². The van der Waals surface area contributed by atoms with Crippen molar-refractivity contribution in [3.63, 3.8) is 0 Å². The number of aryl methyl sites for hydroxylation is 1. The van der Waals surface area contributed by atoms with Crippen molar-refractivity contribution < 1.29 is 0 Å². The van der Waals surface area contributed by atoms with Crippen LogP contribution >= 0.6 is 0 Å². The van der Waals surface area contributed by atoms with Crippen molar-refractivity contribution in [1.82, 2.24) is 0 Å². The van der Waals surface area contributed by atoms with E-state index in [0.717, 1.165) is 6.42 Å². The second-order valence-corrected chi connectivity index (χ2v) is 5.66. The minimum Gasteiger partial charge on any atom is -0.103 e. The van der Waals surface area contributed by atoms with Gasteiger partial charge in [-0.25, -0.2) is 0 Å². The summed E-state index contributed by atoms with van der Waals surface area (Å²) in [5.41, 5.74) is 4.01. The van der Waals surface area contributed by atoms with Gasteiger partial charge >= 0.3 is 0 Å². The second-order valence-electron chi connectivity index (χ2n) is 5.66. The van der Waals surface area contributed by atoms with Gasteiger partial charge in [0.05, 0.1) is 0 Å². The normalized spacial score (nSPS) is 12.2. The summed E-state index contributed by atoms with van der Waals surface area (Å²) in [4.78, 5) is 0. The van der Waals surface area contributed by atoms with E-state index in [9.17, 15) is 0 Å². The highest BCUT2D eigenvalue weighted by molar-refractivity contribution is 5.63. The topological polar surface area (TPSA) is 0 Å². The van der Waals surface area contributed by atoms with Gasteiger partial charge in [0.2, 0.25) is 0 Å². The largest absolute Gasteiger partial charge is 0.103 e. The van der Waals surface area contributed by atoms with Gasteiger partial charge < -0.3 is 0 Å². The summed E-state index contributed by atoms with van der Waals surface area (Å²) in [6.07, 6.45) is 11.3. The lowest BCUT2D eigenvalue weighted by atomic mass is 10.0. The molecule has 110 valence electrons. The fourth-order valence-electron chi connectivity index (χ4n) is 2.11. The predicted octanol–water partition coefficient (Wildman–Crippen LogP) is 6.42. The molecule has 2 aromatic carbocycles. The first-order valence-corrected chi connectivity index (χ1v) is 8.15. The Morgan fingerprint density at radius 3 is 1.95 bits per heavy atom. The maximum atomic E-state index is 3.75. The molecule has 3 rings (SSSR count). The van der Waals surface area contributed by atoms with Crippen molar-refractivity contribution in [3.8, 4) is 11.1 Å². The molecule has 21 heavy (non-hydrogen) atoms. The van der Waals surface area contributed by atoms with Gasteiger partial charge in [-0.15, -0.1) is 6.58 Å². The van der Waals surface area contributed by atoms with E-state index in [-0.39, 0.29) is 0 Å². The Hall–Kier alpha value is -1.82. The van der Waals surface area contributed by atoms with Crippen LogP contribution in [0.25, 0.3) is 11.1 Å². The zero-order chi connectivity index (χ0) is 14.8. The molecule has 0 atom stereocenters. The third-order valence-corrected chi connectivity index (χ3v) is 3.54. The number of rotatable bonds is 6. The predicted molar refractivity (Wildman–Crippen MR) is 93.5 cm³/mol. The molecule has 1 saturated carbocycles. The monoisotopic (exact) mass is 278 g/mol. The molecule has 0 heterocycles. The van der Waals surface area contributed by atoms with Crippen molar-refractivity contribution >= 4 is 0 Å². The van der Waals surface area contributed by atoms with Crippen LogP contribution in [0.3, 0.4) is 0 Å². The lowest BCUT2D eigenvalue weighted by Gasteiger charge is -2.04. The van der Waals surface area contributed by atoms with Gasteiger partial charge in [0.15, 0.2) is 0 Å². The summed E-state index contributed by atoms with van der Waals surface area (Å²) in [6.45, 7) is 3.75. The zero-order valence-corrected chi connectivity index (χ0v) is 12.9. The molecule has 0 amide bonds. The van der Waals surface area contributed by atoms with E-state index in [1.54, 1.807) is 0 Å². The molecule has 0 N–H and O–H groups in total. The minimum absolute atomic E-state index is 1.13. The molecule has 0 aromatic heterocycles. The fourth-order valence-corrected chi connectivity index (χ4v) is 2.11. The second kappa shape index (κ2) is 9.18. The van der Waals surface area contributed by atoms with E-state index in [4.69, 9.17) is 0 Å². The van der Waals surface area contributed by atoms with E-state index in [1.807, 2.05) is 6.08 Å². The number of hydrogen-bond acceptors (Lipinski definition) is 0. The smallest absolute Gasteiger partial charge is 0.0184 e. The first-order chi connectivity index (χ1) is 10.4. The molecule has 0 nitrogen and oxygen atoms in total. The molecule has 1 fully saturated rings. The Kier molecular flexibility index (Phi) is 6.80. The van der Waals surface area contributed by atoms with Crippen molar-refractivity contribution in [2.45, 2.75) is 44.9 Å². The lowest BCUT2D eigenvalue weighted by molar-refractivity contribution is 0.748. The van der Waals surface area contributed by atoms with Crippen molar-refractivity contribution in [2.75, 3.05) is 0 Å². The maximum Gasteiger partial charge on any atom is -0.0184 e. The van der Waals surface area contributed by atoms with E-state index < -0.39 is 0 Å². The summed E-state index contributed by atoms with van der Waals surface area (Å²) in [6, 6.07) is 19.5. The third kappa shape index (κ3) is 6.44. The Morgan fingerprint density at radius 1 is 0.762 bits per heavy atom. The Labute approximate surface area is 129 Å². The first-order valence-electron chi connectivity index (χ1n) is 8.15. The first kappa shape index (κ1) is 15.6. The molecule has 1 aliphatic rings. The highest BCUT2D eigenvalue weighted by Gasteiger charge is 1.97. The molecule has 0 saturated heterocycles. The van der Waals surface area contributed by atoms with Gasteiger partial charge in [0.25, 0.3) is 0 Å². The van der Waals surface area contributed by atoms with Crippen molar-refractivity contribution in [3.05, 3.63) is 72.8 Å². The standard InChI is InChI=1S/C18H20.C3H6/c1-2-3-4-6-9-16-12-14-18(15-13-16)17-10-7-5-8-11-17;1-2-3-1/h2,5,7-8,10-15H,1,3-4,6,9H2;1-3H2. The van der Waals surface area contributed by atoms with Crippen molar-refractivity contribution in [1.29, 1.82) is 0 Å². The molecule has 0 heteroatoms. The van der Waals surface area contributed by atoms with Crippen LogP contribution in [-0.4, -0.2) is 0 Å². The van der Waals surface area contributed by atoms with Crippen LogP contribution in [0.1, 0.15) is 44.1 Å². The Bertz CT molecular complexity index is 503. The van der Waals surface area contributed by atoms with Crippen LogP contribution in [0.2, 0.25) is 0 Å². The average molecular weight is 278 g/mol. The number of hydrogen-bond donors (Lipinski definition) is 0.